The predicted molar refractivity (Wildman–Crippen MR) is 145 cm³/mol. The van der Waals surface area contributed by atoms with E-state index in [0.29, 0.717) is 45.4 Å². The minimum Gasteiger partial charge on any atom is -0.396 e. The average Bonchev–Trinajstić information content (AvgIpc) is 3.56. The summed E-state index contributed by atoms with van der Waals surface area (Å²) in [6.45, 7) is 11.6. The molecule has 2 bridgehead atoms. The van der Waals surface area contributed by atoms with Crippen LogP contribution in [0.1, 0.15) is 44.6 Å². The Morgan fingerprint density at radius 2 is 1.84 bits per heavy atom. The first-order chi connectivity index (χ1) is 18.4. The molecule has 4 rings (SSSR count). The molecule has 3 aliphatic rings. The van der Waals surface area contributed by atoms with Crippen molar-refractivity contribution in [1.82, 2.24) is 14.7 Å². The number of likely N-dealkylation sites (tertiary alicyclic amines) is 1. The number of benzene rings is 1. The van der Waals surface area contributed by atoms with E-state index < -0.39 is 29.6 Å². The molecule has 3 fully saturated rings. The Morgan fingerprint density at radius 3 is 2.50 bits per heavy atom. The van der Waals surface area contributed by atoms with E-state index in [9.17, 15) is 19.5 Å². The highest BCUT2D eigenvalue weighted by molar-refractivity contribution is 5.99. The lowest BCUT2D eigenvalue weighted by atomic mass is 9.70. The van der Waals surface area contributed by atoms with E-state index in [-0.39, 0.29) is 30.9 Å². The van der Waals surface area contributed by atoms with Crippen molar-refractivity contribution in [2.45, 2.75) is 63.3 Å². The van der Waals surface area contributed by atoms with Gasteiger partial charge in [-0.05, 0) is 31.2 Å². The molecule has 1 aromatic rings. The first-order valence-corrected chi connectivity index (χ1v) is 13.9. The van der Waals surface area contributed by atoms with Crippen LogP contribution in [0.15, 0.2) is 55.6 Å². The van der Waals surface area contributed by atoms with Crippen LogP contribution >= 0.6 is 0 Å². The maximum absolute atomic E-state index is 14.1. The molecule has 0 aromatic heterocycles. The van der Waals surface area contributed by atoms with E-state index in [4.69, 9.17) is 4.74 Å². The van der Waals surface area contributed by atoms with Crippen molar-refractivity contribution >= 4 is 17.7 Å². The summed E-state index contributed by atoms with van der Waals surface area (Å²) in [5, 5.41) is 9.54. The predicted octanol–water partition coefficient (Wildman–Crippen LogP) is 2.77. The molecule has 3 aliphatic heterocycles. The highest BCUT2D eigenvalue weighted by Crippen LogP contribution is 2.59. The van der Waals surface area contributed by atoms with Crippen LogP contribution < -0.4 is 0 Å². The average molecular weight is 524 g/mol. The molecule has 2 unspecified atom stereocenters. The summed E-state index contributed by atoms with van der Waals surface area (Å²) < 4.78 is 6.57. The van der Waals surface area contributed by atoms with Crippen LogP contribution in [0.5, 0.6) is 0 Å². The van der Waals surface area contributed by atoms with Gasteiger partial charge in [-0.1, -0.05) is 55.8 Å². The Labute approximate surface area is 225 Å². The molecule has 3 saturated heterocycles. The molecule has 0 radical (unpaired) electrons. The second kappa shape index (κ2) is 12.3. The summed E-state index contributed by atoms with van der Waals surface area (Å²) in [6, 6.07) is 8.93. The lowest BCUT2D eigenvalue weighted by Crippen LogP contribution is -2.56. The van der Waals surface area contributed by atoms with Crippen LogP contribution in [0.3, 0.4) is 0 Å². The quantitative estimate of drug-likeness (QED) is 0.379. The van der Waals surface area contributed by atoms with Crippen LogP contribution in [-0.2, 0) is 25.7 Å². The molecule has 1 aromatic carbocycles. The fraction of sp³-hybridized carbons (Fsp3) is 0.567. The van der Waals surface area contributed by atoms with E-state index in [0.717, 1.165) is 18.4 Å². The number of hydrogen-bond acceptors (Lipinski definition) is 5. The second-order valence-electron chi connectivity index (χ2n) is 10.6. The Balaban J connectivity index is 1.67. The van der Waals surface area contributed by atoms with Crippen molar-refractivity contribution in [1.29, 1.82) is 0 Å². The number of unbranched alkanes of at least 4 members (excludes halogenated alkanes) is 1. The van der Waals surface area contributed by atoms with Crippen molar-refractivity contribution in [2.75, 3.05) is 32.8 Å². The van der Waals surface area contributed by atoms with E-state index in [1.54, 1.807) is 26.9 Å². The molecule has 0 saturated carbocycles. The minimum atomic E-state index is -1.03. The van der Waals surface area contributed by atoms with Crippen LogP contribution in [0.4, 0.5) is 0 Å². The van der Waals surface area contributed by atoms with Gasteiger partial charge in [0.2, 0.25) is 17.7 Å². The number of hydrogen-bond donors (Lipinski definition) is 1. The zero-order valence-corrected chi connectivity index (χ0v) is 22.5. The molecule has 38 heavy (non-hydrogen) atoms. The number of fused-ring (bicyclic) bond motifs is 1. The van der Waals surface area contributed by atoms with Crippen LogP contribution in [0.2, 0.25) is 0 Å². The fourth-order valence-corrected chi connectivity index (χ4v) is 6.57. The number of carbonyl (C=O) groups excluding carboxylic acids is 3. The van der Waals surface area contributed by atoms with Crippen molar-refractivity contribution in [3.05, 3.63) is 61.2 Å². The lowest BCUT2D eigenvalue weighted by molar-refractivity contribution is -0.149. The molecule has 3 heterocycles. The zero-order chi connectivity index (χ0) is 27.3. The second-order valence-corrected chi connectivity index (χ2v) is 10.6. The van der Waals surface area contributed by atoms with Gasteiger partial charge in [0, 0.05) is 39.3 Å². The van der Waals surface area contributed by atoms with Crippen molar-refractivity contribution in [2.24, 2.45) is 11.8 Å². The molecule has 0 aliphatic carbocycles. The summed E-state index contributed by atoms with van der Waals surface area (Å²) in [4.78, 5) is 47.2. The topological polar surface area (TPSA) is 90.4 Å². The fourth-order valence-electron chi connectivity index (χ4n) is 6.57. The molecular weight excluding hydrogens is 482 g/mol. The Kier molecular flexibility index (Phi) is 9.05. The van der Waals surface area contributed by atoms with Gasteiger partial charge in [0.25, 0.3) is 0 Å². The van der Waals surface area contributed by atoms with Crippen LogP contribution in [0, 0.1) is 11.8 Å². The number of ether oxygens (including phenoxy) is 1. The standard InChI is InChI=1S/C30H41N3O5/c1-4-7-18-31(16-5-2)29(37)26-30-15-14-23(38-30)24(25(30)28(36)33(26)19-11-20-34)27(35)32(17-6-3)21-22-12-9-8-10-13-22/h5-6,8-10,12-13,23-26,34H,2-4,7,11,14-21H2,1H3/t23-,24+,25+,26?,30?/m1/s1. The van der Waals surface area contributed by atoms with Crippen molar-refractivity contribution in [3.8, 4) is 0 Å². The van der Waals surface area contributed by atoms with Gasteiger partial charge in [-0.15, -0.1) is 13.2 Å². The van der Waals surface area contributed by atoms with Crippen molar-refractivity contribution in [3.63, 3.8) is 0 Å². The zero-order valence-electron chi connectivity index (χ0n) is 22.5. The third-order valence-electron chi connectivity index (χ3n) is 8.20. The normalized spacial score (nSPS) is 27.3. The van der Waals surface area contributed by atoms with Gasteiger partial charge in [-0.2, -0.15) is 0 Å². The van der Waals surface area contributed by atoms with Crippen LogP contribution in [-0.4, -0.2) is 88.1 Å². The van der Waals surface area contributed by atoms with Gasteiger partial charge >= 0.3 is 0 Å². The monoisotopic (exact) mass is 523 g/mol. The molecule has 206 valence electrons. The summed E-state index contributed by atoms with van der Waals surface area (Å²) >= 11 is 0. The maximum atomic E-state index is 14.1. The third kappa shape index (κ3) is 5.04. The number of carbonyl (C=O) groups is 3. The van der Waals surface area contributed by atoms with E-state index in [1.165, 1.54) is 0 Å². The smallest absolute Gasteiger partial charge is 0.248 e. The van der Waals surface area contributed by atoms with Gasteiger partial charge in [0.1, 0.15) is 11.6 Å². The molecule has 8 heteroatoms. The van der Waals surface area contributed by atoms with Crippen LogP contribution in [0.25, 0.3) is 0 Å². The summed E-state index contributed by atoms with van der Waals surface area (Å²) in [6.07, 6.45) is 6.30. The summed E-state index contributed by atoms with van der Waals surface area (Å²) in [5.41, 5.74) is -0.0415. The number of nitrogens with zero attached hydrogens (tertiary/aromatic N) is 3. The molecule has 1 spiro atoms. The van der Waals surface area contributed by atoms with Gasteiger partial charge in [0.15, 0.2) is 0 Å². The van der Waals surface area contributed by atoms with Crippen molar-refractivity contribution < 1.29 is 24.2 Å². The largest absolute Gasteiger partial charge is 0.396 e. The first kappa shape index (κ1) is 28.0. The number of aliphatic hydroxyl groups is 1. The Hall–Kier alpha value is -2.97. The molecule has 8 nitrogen and oxygen atoms in total. The van der Waals surface area contributed by atoms with Gasteiger partial charge < -0.3 is 24.5 Å². The SMILES string of the molecule is C=CCN(CCCC)C(=O)C1N(CCCO)C(=O)[C@@H]2[C@@H](C(=O)N(CC=C)Cc3ccccc3)[C@H]3CCC12O3. The first-order valence-electron chi connectivity index (χ1n) is 13.9. The summed E-state index contributed by atoms with van der Waals surface area (Å²) in [5.74, 6) is -1.89. The summed E-state index contributed by atoms with van der Waals surface area (Å²) in [7, 11) is 0. The van der Waals surface area contributed by atoms with Gasteiger partial charge in [-0.3, -0.25) is 14.4 Å². The van der Waals surface area contributed by atoms with Gasteiger partial charge in [-0.25, -0.2) is 0 Å². The van der Waals surface area contributed by atoms with E-state index in [2.05, 4.69) is 20.1 Å². The highest BCUT2D eigenvalue weighted by atomic mass is 16.5. The lowest BCUT2D eigenvalue weighted by Gasteiger charge is -2.37. The van der Waals surface area contributed by atoms with E-state index >= 15 is 0 Å². The van der Waals surface area contributed by atoms with Gasteiger partial charge in [0.05, 0.1) is 17.9 Å². The molecule has 1 N–H and O–H groups in total. The number of rotatable bonds is 14. The maximum Gasteiger partial charge on any atom is 0.248 e. The highest BCUT2D eigenvalue weighted by Gasteiger charge is 2.74. The Bertz CT molecular complexity index is 1030. The Morgan fingerprint density at radius 1 is 1.13 bits per heavy atom. The molecule has 5 atom stereocenters. The number of amides is 3. The third-order valence-corrected chi connectivity index (χ3v) is 8.20. The molecular formula is C30H41N3O5. The minimum absolute atomic E-state index is 0.0927. The van der Waals surface area contributed by atoms with E-state index in [1.807, 2.05) is 30.3 Å². The number of aliphatic hydroxyl groups excluding tert-OH is 1. The molecule has 3 amide bonds.